The number of carbonyl (C=O) groups is 1. The van der Waals surface area contributed by atoms with Crippen molar-refractivity contribution in [2.24, 2.45) is 5.41 Å². The molecule has 2 heterocycles. The maximum atomic E-state index is 12.1. The number of likely N-dealkylation sites (tertiary alicyclic amines) is 1. The van der Waals surface area contributed by atoms with Crippen molar-refractivity contribution >= 4 is 5.91 Å². The first-order valence-corrected chi connectivity index (χ1v) is 8.06. The van der Waals surface area contributed by atoms with Crippen molar-refractivity contribution in [3.63, 3.8) is 0 Å². The lowest BCUT2D eigenvalue weighted by Crippen LogP contribution is -2.49. The largest absolute Gasteiger partial charge is 0.375 e. The molecule has 0 unspecified atom stereocenters. The first-order valence-electron chi connectivity index (χ1n) is 8.06. The fraction of sp³-hybridized carbons (Fsp3) is 0.824. The van der Waals surface area contributed by atoms with Gasteiger partial charge in [0.25, 0.3) is 0 Å². The number of nitrogens with zero attached hydrogens (tertiary/aromatic N) is 2. The van der Waals surface area contributed by atoms with Gasteiger partial charge in [-0.15, -0.1) is 0 Å². The van der Waals surface area contributed by atoms with Crippen LogP contribution >= 0.6 is 0 Å². The summed E-state index contributed by atoms with van der Waals surface area (Å²) in [4.78, 5) is 16.2. The van der Waals surface area contributed by atoms with Gasteiger partial charge >= 0.3 is 0 Å². The Kier molecular flexibility index (Phi) is 5.10. The van der Waals surface area contributed by atoms with Crippen molar-refractivity contribution in [2.45, 2.75) is 45.1 Å². The fourth-order valence-corrected chi connectivity index (χ4v) is 3.12. The SMILES string of the molecule is CN(C)C/C=C/C(=O)N1CCC2(CC1)CCC(C)(C)OC2. The molecule has 0 aromatic heterocycles. The molecule has 1 amide bonds. The van der Waals surface area contributed by atoms with Crippen molar-refractivity contribution in [1.82, 2.24) is 9.80 Å². The molecule has 2 aliphatic rings. The van der Waals surface area contributed by atoms with Crippen LogP contribution in [0.2, 0.25) is 0 Å². The second-order valence-electron chi connectivity index (χ2n) is 7.54. The van der Waals surface area contributed by atoms with Crippen LogP contribution in [0.25, 0.3) is 0 Å². The van der Waals surface area contributed by atoms with Gasteiger partial charge in [0.1, 0.15) is 0 Å². The van der Waals surface area contributed by atoms with Crippen molar-refractivity contribution in [3.8, 4) is 0 Å². The summed E-state index contributed by atoms with van der Waals surface area (Å²) in [5.74, 6) is 0.156. The van der Waals surface area contributed by atoms with Gasteiger partial charge < -0.3 is 14.5 Å². The van der Waals surface area contributed by atoms with Gasteiger partial charge in [-0.1, -0.05) is 6.08 Å². The highest BCUT2D eigenvalue weighted by Gasteiger charge is 2.41. The topological polar surface area (TPSA) is 32.8 Å². The van der Waals surface area contributed by atoms with Crippen LogP contribution in [-0.2, 0) is 9.53 Å². The van der Waals surface area contributed by atoms with E-state index < -0.39 is 0 Å². The number of ether oxygens (including phenoxy) is 1. The second-order valence-corrected chi connectivity index (χ2v) is 7.54. The number of hydrogen-bond donors (Lipinski definition) is 0. The molecule has 4 nitrogen and oxygen atoms in total. The molecule has 21 heavy (non-hydrogen) atoms. The van der Waals surface area contributed by atoms with E-state index in [1.54, 1.807) is 6.08 Å². The standard InChI is InChI=1S/C17H30N2O2/c1-16(2)7-8-17(14-21-16)9-12-19(13-10-17)15(20)6-5-11-18(3)4/h5-6H,7-14H2,1-4H3/b6-5+. The molecular weight excluding hydrogens is 264 g/mol. The second kappa shape index (κ2) is 6.49. The maximum absolute atomic E-state index is 12.1. The predicted molar refractivity (Wildman–Crippen MR) is 85.2 cm³/mol. The average Bonchev–Trinajstić information content (AvgIpc) is 2.43. The van der Waals surface area contributed by atoms with E-state index in [2.05, 4.69) is 18.7 Å². The Hall–Kier alpha value is -0.870. The molecule has 2 fully saturated rings. The van der Waals surface area contributed by atoms with Gasteiger partial charge in [0.2, 0.25) is 5.91 Å². The van der Waals surface area contributed by atoms with Gasteiger partial charge in [-0.25, -0.2) is 0 Å². The van der Waals surface area contributed by atoms with Gasteiger partial charge in [-0.05, 0) is 59.0 Å². The van der Waals surface area contributed by atoms with Crippen LogP contribution < -0.4 is 0 Å². The number of carbonyl (C=O) groups excluding carboxylic acids is 1. The zero-order valence-electron chi connectivity index (χ0n) is 14.0. The van der Waals surface area contributed by atoms with Gasteiger partial charge in [0, 0.05) is 25.7 Å². The number of hydrogen-bond acceptors (Lipinski definition) is 3. The van der Waals surface area contributed by atoms with E-state index in [4.69, 9.17) is 4.74 Å². The van der Waals surface area contributed by atoms with Crippen LogP contribution in [0.5, 0.6) is 0 Å². The van der Waals surface area contributed by atoms with Gasteiger partial charge in [-0.2, -0.15) is 0 Å². The Bertz CT molecular complexity index is 382. The van der Waals surface area contributed by atoms with Crippen LogP contribution in [0.3, 0.4) is 0 Å². The molecule has 2 rings (SSSR count). The lowest BCUT2D eigenvalue weighted by atomic mass is 9.72. The normalized spacial score (nSPS) is 24.9. The molecule has 0 bridgehead atoms. The Labute approximate surface area is 129 Å². The Balaban J connectivity index is 1.81. The first-order chi connectivity index (χ1) is 9.82. The molecule has 120 valence electrons. The van der Waals surface area contributed by atoms with Crippen molar-refractivity contribution in [2.75, 3.05) is 40.3 Å². The fourth-order valence-electron chi connectivity index (χ4n) is 3.12. The zero-order chi connectivity index (χ0) is 15.5. The quantitative estimate of drug-likeness (QED) is 0.749. The Morgan fingerprint density at radius 2 is 1.86 bits per heavy atom. The summed E-state index contributed by atoms with van der Waals surface area (Å²) in [6, 6.07) is 0. The van der Waals surface area contributed by atoms with Crippen LogP contribution in [0.15, 0.2) is 12.2 Å². The van der Waals surface area contributed by atoms with E-state index in [0.717, 1.165) is 45.5 Å². The molecule has 0 aromatic rings. The molecule has 2 aliphatic heterocycles. The summed E-state index contributed by atoms with van der Waals surface area (Å²) >= 11 is 0. The van der Waals surface area contributed by atoms with Gasteiger partial charge in [-0.3, -0.25) is 4.79 Å². The summed E-state index contributed by atoms with van der Waals surface area (Å²) in [6.45, 7) is 7.76. The molecule has 1 spiro atoms. The molecule has 0 saturated carbocycles. The van der Waals surface area contributed by atoms with E-state index >= 15 is 0 Å². The predicted octanol–water partition coefficient (Wildman–Crippen LogP) is 2.30. The molecule has 0 aromatic carbocycles. The minimum atomic E-state index is 0.0348. The van der Waals surface area contributed by atoms with E-state index in [9.17, 15) is 4.79 Å². The van der Waals surface area contributed by atoms with Crippen molar-refractivity contribution in [3.05, 3.63) is 12.2 Å². The molecule has 0 N–H and O–H groups in total. The molecule has 0 radical (unpaired) electrons. The average molecular weight is 294 g/mol. The number of rotatable bonds is 3. The van der Waals surface area contributed by atoms with E-state index in [-0.39, 0.29) is 11.5 Å². The molecular formula is C17H30N2O2. The molecule has 4 heteroatoms. The third-order valence-corrected chi connectivity index (χ3v) is 4.89. The lowest BCUT2D eigenvalue weighted by molar-refractivity contribution is -0.141. The molecule has 0 aliphatic carbocycles. The summed E-state index contributed by atoms with van der Waals surface area (Å²) in [5, 5.41) is 0. The highest BCUT2D eigenvalue weighted by atomic mass is 16.5. The highest BCUT2D eigenvalue weighted by Crippen LogP contribution is 2.43. The third kappa shape index (κ3) is 4.55. The van der Waals surface area contributed by atoms with E-state index in [1.165, 1.54) is 6.42 Å². The summed E-state index contributed by atoms with van der Waals surface area (Å²) in [7, 11) is 4.01. The number of amides is 1. The number of likely N-dealkylation sites (N-methyl/N-ethyl adjacent to an activating group) is 1. The third-order valence-electron chi connectivity index (χ3n) is 4.89. The van der Waals surface area contributed by atoms with Crippen molar-refractivity contribution in [1.29, 1.82) is 0 Å². The minimum absolute atomic E-state index is 0.0348. The smallest absolute Gasteiger partial charge is 0.246 e. The molecule has 0 atom stereocenters. The molecule has 2 saturated heterocycles. The monoisotopic (exact) mass is 294 g/mol. The van der Waals surface area contributed by atoms with Crippen molar-refractivity contribution < 1.29 is 9.53 Å². The zero-order valence-corrected chi connectivity index (χ0v) is 14.0. The summed E-state index contributed by atoms with van der Waals surface area (Å²) in [5.41, 5.74) is 0.354. The van der Waals surface area contributed by atoms with Crippen LogP contribution in [0.4, 0.5) is 0 Å². The van der Waals surface area contributed by atoms with Gasteiger partial charge in [0.15, 0.2) is 0 Å². The Morgan fingerprint density at radius 3 is 2.38 bits per heavy atom. The lowest BCUT2D eigenvalue weighted by Gasteiger charge is -2.47. The number of piperidine rings is 1. The Morgan fingerprint density at radius 1 is 1.19 bits per heavy atom. The minimum Gasteiger partial charge on any atom is -0.375 e. The van der Waals surface area contributed by atoms with Gasteiger partial charge in [0.05, 0.1) is 12.2 Å². The first kappa shape index (κ1) is 16.5. The van der Waals surface area contributed by atoms with E-state index in [1.807, 2.05) is 25.1 Å². The summed E-state index contributed by atoms with van der Waals surface area (Å²) < 4.78 is 6.02. The van der Waals surface area contributed by atoms with Crippen LogP contribution in [-0.4, -0.2) is 61.6 Å². The van der Waals surface area contributed by atoms with Crippen LogP contribution in [0.1, 0.15) is 39.5 Å². The van der Waals surface area contributed by atoms with Crippen LogP contribution in [0, 0.1) is 5.41 Å². The summed E-state index contributed by atoms with van der Waals surface area (Å²) in [6.07, 6.45) is 8.19. The van der Waals surface area contributed by atoms with E-state index in [0.29, 0.717) is 5.41 Å². The highest BCUT2D eigenvalue weighted by molar-refractivity contribution is 5.87. The maximum Gasteiger partial charge on any atom is 0.246 e.